The predicted molar refractivity (Wildman–Crippen MR) is 51.0 cm³/mol. The van der Waals surface area contributed by atoms with Gasteiger partial charge in [0.25, 0.3) is 5.24 Å². The summed E-state index contributed by atoms with van der Waals surface area (Å²) < 4.78 is 0.0129. The third kappa shape index (κ3) is 7.72. The van der Waals surface area contributed by atoms with Crippen molar-refractivity contribution in [3.05, 3.63) is 0 Å². The van der Waals surface area contributed by atoms with Gasteiger partial charge in [0.05, 0.1) is 0 Å². The first-order chi connectivity index (χ1) is 4.81. The van der Waals surface area contributed by atoms with E-state index in [2.05, 4.69) is 5.32 Å². The Morgan fingerprint density at radius 3 is 2.09 bits per heavy atom. The van der Waals surface area contributed by atoms with E-state index in [4.69, 9.17) is 0 Å². The summed E-state index contributed by atoms with van der Waals surface area (Å²) in [6.45, 7) is 10.00. The van der Waals surface area contributed by atoms with Gasteiger partial charge in [0, 0.05) is 10.8 Å². The van der Waals surface area contributed by atoms with Gasteiger partial charge in [0.15, 0.2) is 0 Å². The fourth-order valence-corrected chi connectivity index (χ4v) is 1.39. The van der Waals surface area contributed by atoms with E-state index in [9.17, 15) is 4.79 Å². The number of amides is 1. The Labute approximate surface area is 73.1 Å². The van der Waals surface area contributed by atoms with Crippen molar-refractivity contribution in [3.63, 3.8) is 0 Å². The lowest BCUT2D eigenvalue weighted by Crippen LogP contribution is -2.29. The molecule has 3 heteroatoms. The number of hydrogen-bond acceptors (Lipinski definition) is 2. The zero-order valence-electron chi connectivity index (χ0n) is 7.89. The molecule has 0 aromatic carbocycles. The third-order valence-electron chi connectivity index (χ3n) is 0.805. The summed E-state index contributed by atoms with van der Waals surface area (Å²) in [6, 6.07) is 0.234. The molecular formula is C8H17NOS. The lowest BCUT2D eigenvalue weighted by Gasteiger charge is -2.17. The average Bonchev–Trinajstić information content (AvgIpc) is 1.53. The van der Waals surface area contributed by atoms with Crippen LogP contribution in [0.2, 0.25) is 0 Å². The molecule has 0 aliphatic carbocycles. The normalized spacial score (nSPS) is 11.8. The average molecular weight is 175 g/mol. The van der Waals surface area contributed by atoms with Gasteiger partial charge in [0.1, 0.15) is 0 Å². The number of thioether (sulfide) groups is 1. The minimum absolute atomic E-state index is 0.0129. The second-order valence-corrected chi connectivity index (χ2v) is 5.60. The van der Waals surface area contributed by atoms with E-state index in [0.717, 1.165) is 0 Å². The van der Waals surface area contributed by atoms with Gasteiger partial charge in [0.2, 0.25) is 0 Å². The van der Waals surface area contributed by atoms with Crippen molar-refractivity contribution in [1.82, 2.24) is 5.32 Å². The van der Waals surface area contributed by atoms with Crippen molar-refractivity contribution >= 4 is 17.0 Å². The van der Waals surface area contributed by atoms with Crippen molar-refractivity contribution in [2.45, 2.75) is 45.4 Å². The summed E-state index contributed by atoms with van der Waals surface area (Å²) >= 11 is 1.34. The fraction of sp³-hybridized carbons (Fsp3) is 0.875. The molecule has 11 heavy (non-hydrogen) atoms. The molecule has 0 unspecified atom stereocenters. The lowest BCUT2D eigenvalue weighted by molar-refractivity contribution is 0.258. The maximum absolute atomic E-state index is 11.1. The summed E-state index contributed by atoms with van der Waals surface area (Å²) in [4.78, 5) is 11.1. The Morgan fingerprint density at radius 1 is 1.36 bits per heavy atom. The van der Waals surface area contributed by atoms with Crippen molar-refractivity contribution in [2.75, 3.05) is 0 Å². The first-order valence-electron chi connectivity index (χ1n) is 3.81. The molecule has 0 radical (unpaired) electrons. The van der Waals surface area contributed by atoms with Crippen LogP contribution in [-0.4, -0.2) is 16.0 Å². The molecule has 0 saturated heterocycles. The summed E-state index contributed by atoms with van der Waals surface area (Å²) in [5.74, 6) is 0. The van der Waals surface area contributed by atoms with Gasteiger partial charge in [-0.25, -0.2) is 0 Å². The quantitative estimate of drug-likeness (QED) is 0.663. The monoisotopic (exact) mass is 175 g/mol. The summed E-state index contributed by atoms with van der Waals surface area (Å²) in [7, 11) is 0. The Kier molecular flexibility index (Phi) is 3.93. The van der Waals surface area contributed by atoms with Gasteiger partial charge in [-0.2, -0.15) is 0 Å². The maximum Gasteiger partial charge on any atom is 0.279 e. The van der Waals surface area contributed by atoms with E-state index >= 15 is 0 Å². The highest BCUT2D eigenvalue weighted by atomic mass is 32.2. The van der Waals surface area contributed by atoms with Crippen LogP contribution in [0.4, 0.5) is 4.79 Å². The fourth-order valence-electron chi connectivity index (χ4n) is 0.543. The molecule has 0 saturated carbocycles. The highest BCUT2D eigenvalue weighted by molar-refractivity contribution is 8.14. The van der Waals surface area contributed by atoms with Gasteiger partial charge in [-0.1, -0.05) is 32.5 Å². The summed E-state index contributed by atoms with van der Waals surface area (Å²) in [5, 5.41) is 2.89. The van der Waals surface area contributed by atoms with E-state index in [0.29, 0.717) is 0 Å². The minimum atomic E-state index is 0.0129. The van der Waals surface area contributed by atoms with Crippen LogP contribution in [0, 0.1) is 0 Å². The molecule has 0 bridgehead atoms. The van der Waals surface area contributed by atoms with E-state index < -0.39 is 0 Å². The highest BCUT2D eigenvalue weighted by Crippen LogP contribution is 2.23. The van der Waals surface area contributed by atoms with E-state index in [-0.39, 0.29) is 16.0 Å². The van der Waals surface area contributed by atoms with Gasteiger partial charge < -0.3 is 5.32 Å². The molecular weight excluding hydrogens is 158 g/mol. The number of rotatable bonds is 1. The second-order valence-electron chi connectivity index (χ2n) is 3.80. The van der Waals surface area contributed by atoms with Gasteiger partial charge >= 0.3 is 0 Å². The van der Waals surface area contributed by atoms with Gasteiger partial charge in [-0.05, 0) is 13.8 Å². The van der Waals surface area contributed by atoms with Gasteiger partial charge in [-0.3, -0.25) is 4.79 Å². The number of hydrogen-bond donors (Lipinski definition) is 1. The smallest absolute Gasteiger partial charge is 0.279 e. The predicted octanol–water partition coefficient (Wildman–Crippen LogP) is 2.64. The molecule has 0 aromatic rings. The number of carbonyl (C=O) groups is 1. The van der Waals surface area contributed by atoms with Crippen LogP contribution in [0.15, 0.2) is 0 Å². The second kappa shape index (κ2) is 4.00. The summed E-state index contributed by atoms with van der Waals surface area (Å²) in [6.07, 6.45) is 0. The molecule has 0 spiro atoms. The van der Waals surface area contributed by atoms with Crippen LogP contribution in [0.25, 0.3) is 0 Å². The van der Waals surface area contributed by atoms with Crippen LogP contribution in [-0.2, 0) is 0 Å². The molecule has 0 aliphatic heterocycles. The van der Waals surface area contributed by atoms with Crippen LogP contribution in [0.1, 0.15) is 34.6 Å². The third-order valence-corrected chi connectivity index (χ3v) is 1.72. The largest absolute Gasteiger partial charge is 0.345 e. The van der Waals surface area contributed by atoms with Crippen LogP contribution in [0.3, 0.4) is 0 Å². The van der Waals surface area contributed by atoms with Crippen molar-refractivity contribution < 1.29 is 4.79 Å². The Bertz CT molecular complexity index is 138. The first kappa shape index (κ1) is 10.8. The molecule has 0 rings (SSSR count). The van der Waals surface area contributed by atoms with Crippen molar-refractivity contribution in [1.29, 1.82) is 0 Å². The molecule has 1 amide bonds. The van der Waals surface area contributed by atoms with E-state index in [1.165, 1.54) is 11.8 Å². The number of nitrogens with one attached hydrogen (secondary N) is 1. The molecule has 66 valence electrons. The lowest BCUT2D eigenvalue weighted by atomic mass is 10.3. The molecule has 0 aliphatic rings. The van der Waals surface area contributed by atoms with Crippen molar-refractivity contribution in [3.8, 4) is 0 Å². The molecule has 0 heterocycles. The molecule has 0 fully saturated rings. The Hall–Kier alpha value is -0.180. The zero-order chi connectivity index (χ0) is 9.07. The topological polar surface area (TPSA) is 29.1 Å². The van der Waals surface area contributed by atoms with Crippen molar-refractivity contribution in [2.24, 2.45) is 0 Å². The zero-order valence-corrected chi connectivity index (χ0v) is 8.71. The van der Waals surface area contributed by atoms with Crippen LogP contribution < -0.4 is 5.32 Å². The molecule has 0 aromatic heterocycles. The molecule has 1 N–H and O–H groups in total. The summed E-state index contributed by atoms with van der Waals surface area (Å²) in [5.41, 5.74) is 0. The number of carbonyl (C=O) groups excluding carboxylic acids is 1. The molecule has 0 atom stereocenters. The molecule has 2 nitrogen and oxygen atoms in total. The van der Waals surface area contributed by atoms with Crippen LogP contribution >= 0.6 is 11.8 Å². The SMILES string of the molecule is CC(C)NC(=O)SC(C)(C)C. The Balaban J connectivity index is 3.71. The standard InChI is InChI=1S/C8H17NOS/c1-6(2)9-7(10)11-8(3,4)5/h6H,1-5H3,(H,9,10). The maximum atomic E-state index is 11.1. The van der Waals surface area contributed by atoms with Crippen LogP contribution in [0.5, 0.6) is 0 Å². The van der Waals surface area contributed by atoms with E-state index in [1.807, 2.05) is 34.6 Å². The minimum Gasteiger partial charge on any atom is -0.345 e. The highest BCUT2D eigenvalue weighted by Gasteiger charge is 2.16. The Morgan fingerprint density at radius 2 is 1.82 bits per heavy atom. The van der Waals surface area contributed by atoms with E-state index in [1.54, 1.807) is 0 Å². The van der Waals surface area contributed by atoms with Gasteiger partial charge in [-0.15, -0.1) is 0 Å². The first-order valence-corrected chi connectivity index (χ1v) is 4.62.